The Labute approximate surface area is 143 Å². The average Bonchev–Trinajstić information content (AvgIpc) is 2.55. The molecule has 23 heavy (non-hydrogen) atoms. The molecule has 1 saturated heterocycles. The van der Waals surface area contributed by atoms with Crippen molar-refractivity contribution in [2.45, 2.75) is 19.9 Å². The van der Waals surface area contributed by atoms with Gasteiger partial charge in [-0.25, -0.2) is 14.8 Å². The highest BCUT2D eigenvalue weighted by Gasteiger charge is 2.27. The van der Waals surface area contributed by atoms with Gasteiger partial charge in [0.25, 0.3) is 0 Å². The summed E-state index contributed by atoms with van der Waals surface area (Å²) in [6, 6.07) is -0.808. The number of amides is 3. The summed E-state index contributed by atoms with van der Waals surface area (Å²) in [6.07, 6.45) is 3.44. The minimum absolute atomic E-state index is 0.288. The normalized spacial score (nSPS) is 16.7. The van der Waals surface area contributed by atoms with E-state index >= 15 is 0 Å². The van der Waals surface area contributed by atoms with Crippen molar-refractivity contribution in [1.29, 1.82) is 0 Å². The maximum Gasteiger partial charge on any atom is 0.321 e. The van der Waals surface area contributed by atoms with Crippen LogP contribution in [0.4, 0.5) is 10.7 Å². The van der Waals surface area contributed by atoms with Crippen LogP contribution in [0, 0.1) is 0 Å². The molecular formula is C14H21BrN6O2. The lowest BCUT2D eigenvalue weighted by Crippen LogP contribution is -2.55. The number of imide groups is 1. The van der Waals surface area contributed by atoms with E-state index in [-0.39, 0.29) is 11.9 Å². The lowest BCUT2D eigenvalue weighted by atomic mass is 10.2. The van der Waals surface area contributed by atoms with Crippen molar-refractivity contribution >= 4 is 33.8 Å². The van der Waals surface area contributed by atoms with E-state index in [1.54, 1.807) is 26.2 Å². The van der Waals surface area contributed by atoms with Crippen LogP contribution in [0.15, 0.2) is 16.9 Å². The fourth-order valence-electron chi connectivity index (χ4n) is 2.36. The van der Waals surface area contributed by atoms with Crippen LogP contribution in [0.5, 0.6) is 0 Å². The number of hydrogen-bond acceptors (Lipinski definition) is 6. The van der Waals surface area contributed by atoms with Gasteiger partial charge in [0.15, 0.2) is 0 Å². The zero-order valence-corrected chi connectivity index (χ0v) is 14.8. The Hall–Kier alpha value is -1.74. The minimum Gasteiger partial charge on any atom is -0.338 e. The Kier molecular flexibility index (Phi) is 6.28. The van der Waals surface area contributed by atoms with Gasteiger partial charge >= 0.3 is 6.03 Å². The second-order valence-corrected chi connectivity index (χ2v) is 6.16. The van der Waals surface area contributed by atoms with Crippen LogP contribution >= 0.6 is 15.9 Å². The SMILES string of the molecule is CCNC(=O)NC(=O)C(C)N1CCN(c2ncc(Br)cn2)CC1. The highest BCUT2D eigenvalue weighted by molar-refractivity contribution is 9.10. The smallest absolute Gasteiger partial charge is 0.321 e. The molecule has 0 bridgehead atoms. The third-order valence-electron chi connectivity index (χ3n) is 3.71. The van der Waals surface area contributed by atoms with Crippen molar-refractivity contribution in [2.24, 2.45) is 0 Å². The molecule has 9 heteroatoms. The van der Waals surface area contributed by atoms with E-state index < -0.39 is 6.03 Å². The number of halogens is 1. The van der Waals surface area contributed by atoms with Gasteiger partial charge in [-0.05, 0) is 29.8 Å². The molecule has 0 saturated carbocycles. The van der Waals surface area contributed by atoms with Crippen LogP contribution in [0.2, 0.25) is 0 Å². The maximum atomic E-state index is 12.1. The standard InChI is InChI=1S/C14H21BrN6O2/c1-3-16-14(23)19-12(22)10(2)20-4-6-21(7-5-20)13-17-8-11(15)9-18-13/h8-10H,3-7H2,1-2H3,(H2,16,19,22,23). The number of carbonyl (C=O) groups is 2. The third kappa shape index (κ3) is 4.87. The summed E-state index contributed by atoms with van der Waals surface area (Å²) in [4.78, 5) is 36.2. The molecule has 2 rings (SSSR count). The number of hydrogen-bond donors (Lipinski definition) is 2. The molecule has 0 spiro atoms. The summed E-state index contributed by atoms with van der Waals surface area (Å²) in [6.45, 7) is 6.99. The molecule has 3 amide bonds. The van der Waals surface area contributed by atoms with Gasteiger partial charge in [-0.15, -0.1) is 0 Å². The summed E-state index contributed by atoms with van der Waals surface area (Å²) in [5.41, 5.74) is 0. The lowest BCUT2D eigenvalue weighted by molar-refractivity contribution is -0.124. The molecule has 1 unspecified atom stereocenters. The Bertz CT molecular complexity index is 545. The zero-order valence-electron chi connectivity index (χ0n) is 13.3. The fourth-order valence-corrected chi connectivity index (χ4v) is 2.57. The highest BCUT2D eigenvalue weighted by Crippen LogP contribution is 2.14. The molecule has 2 heterocycles. The first-order chi connectivity index (χ1) is 11.0. The molecule has 1 aromatic heterocycles. The third-order valence-corrected chi connectivity index (χ3v) is 4.11. The van der Waals surface area contributed by atoms with Crippen molar-refractivity contribution in [1.82, 2.24) is 25.5 Å². The van der Waals surface area contributed by atoms with E-state index in [1.807, 2.05) is 4.90 Å². The average molecular weight is 385 g/mol. The van der Waals surface area contributed by atoms with Crippen molar-refractivity contribution in [3.8, 4) is 0 Å². The van der Waals surface area contributed by atoms with Gasteiger partial charge in [0, 0.05) is 45.1 Å². The number of nitrogens with one attached hydrogen (secondary N) is 2. The maximum absolute atomic E-state index is 12.1. The summed E-state index contributed by atoms with van der Waals surface area (Å²) in [5.74, 6) is 0.400. The summed E-state index contributed by atoms with van der Waals surface area (Å²) >= 11 is 3.32. The van der Waals surface area contributed by atoms with Crippen LogP contribution in [0.3, 0.4) is 0 Å². The number of carbonyl (C=O) groups excluding carboxylic acids is 2. The number of anilines is 1. The molecule has 0 aromatic carbocycles. The van der Waals surface area contributed by atoms with Crippen LogP contribution < -0.4 is 15.5 Å². The second-order valence-electron chi connectivity index (χ2n) is 5.25. The summed E-state index contributed by atoms with van der Waals surface area (Å²) < 4.78 is 0.843. The first kappa shape index (κ1) is 17.6. The van der Waals surface area contributed by atoms with Crippen LogP contribution in [0.1, 0.15) is 13.8 Å². The molecule has 8 nitrogen and oxygen atoms in total. The van der Waals surface area contributed by atoms with Gasteiger partial charge in [-0.3, -0.25) is 15.0 Å². The quantitative estimate of drug-likeness (QED) is 0.789. The molecule has 0 aliphatic carbocycles. The van der Waals surface area contributed by atoms with Crippen LogP contribution in [-0.4, -0.2) is 65.6 Å². The monoisotopic (exact) mass is 384 g/mol. The fraction of sp³-hybridized carbons (Fsp3) is 0.571. The van der Waals surface area contributed by atoms with Crippen molar-refractivity contribution in [3.63, 3.8) is 0 Å². The molecule has 1 fully saturated rings. The molecule has 1 atom stereocenters. The molecule has 2 N–H and O–H groups in total. The number of piperazine rings is 1. The van der Waals surface area contributed by atoms with Gasteiger partial charge < -0.3 is 10.2 Å². The van der Waals surface area contributed by atoms with Gasteiger partial charge in [-0.1, -0.05) is 0 Å². The largest absolute Gasteiger partial charge is 0.338 e. The predicted octanol–water partition coefficient (Wildman–Crippen LogP) is 0.595. The Morgan fingerprint density at radius 2 is 1.87 bits per heavy atom. The van der Waals surface area contributed by atoms with E-state index in [0.717, 1.165) is 17.6 Å². The molecular weight excluding hydrogens is 364 g/mol. The van der Waals surface area contributed by atoms with Crippen LogP contribution in [-0.2, 0) is 4.79 Å². The van der Waals surface area contributed by atoms with Crippen LogP contribution in [0.25, 0.3) is 0 Å². The van der Waals surface area contributed by atoms with Crippen molar-refractivity contribution < 1.29 is 9.59 Å². The van der Waals surface area contributed by atoms with Gasteiger partial charge in [0.2, 0.25) is 11.9 Å². The number of urea groups is 1. The van der Waals surface area contributed by atoms with Gasteiger partial charge in [-0.2, -0.15) is 0 Å². The molecule has 0 radical (unpaired) electrons. The van der Waals surface area contributed by atoms with E-state index in [9.17, 15) is 9.59 Å². The first-order valence-electron chi connectivity index (χ1n) is 7.56. The number of nitrogens with zero attached hydrogens (tertiary/aromatic N) is 4. The first-order valence-corrected chi connectivity index (χ1v) is 8.35. The lowest BCUT2D eigenvalue weighted by Gasteiger charge is -2.37. The molecule has 1 aliphatic heterocycles. The van der Waals surface area contributed by atoms with E-state index in [2.05, 4.69) is 41.4 Å². The Balaban J connectivity index is 1.84. The second kappa shape index (κ2) is 8.21. The number of rotatable bonds is 4. The molecule has 126 valence electrons. The summed E-state index contributed by atoms with van der Waals surface area (Å²) in [7, 11) is 0. The number of aromatic nitrogens is 2. The van der Waals surface area contributed by atoms with E-state index in [4.69, 9.17) is 0 Å². The molecule has 1 aliphatic rings. The summed E-state index contributed by atoms with van der Waals surface area (Å²) in [5, 5.41) is 4.90. The van der Waals surface area contributed by atoms with Gasteiger partial charge in [0.1, 0.15) is 0 Å². The predicted molar refractivity (Wildman–Crippen MR) is 90.2 cm³/mol. The van der Waals surface area contributed by atoms with E-state index in [1.165, 1.54) is 0 Å². The Morgan fingerprint density at radius 1 is 1.26 bits per heavy atom. The van der Waals surface area contributed by atoms with E-state index in [0.29, 0.717) is 25.6 Å². The van der Waals surface area contributed by atoms with Crippen molar-refractivity contribution in [3.05, 3.63) is 16.9 Å². The Morgan fingerprint density at radius 3 is 2.43 bits per heavy atom. The molecule has 1 aromatic rings. The minimum atomic E-state index is -0.453. The highest BCUT2D eigenvalue weighted by atomic mass is 79.9. The van der Waals surface area contributed by atoms with Crippen molar-refractivity contribution in [2.75, 3.05) is 37.6 Å². The van der Waals surface area contributed by atoms with Gasteiger partial charge in [0.05, 0.1) is 10.5 Å². The zero-order chi connectivity index (χ0) is 16.8. The topological polar surface area (TPSA) is 90.5 Å².